The van der Waals surface area contributed by atoms with Gasteiger partial charge in [0.2, 0.25) is 0 Å². The maximum atomic E-state index is 12.8. The highest BCUT2D eigenvalue weighted by atomic mass is 32.2. The van der Waals surface area contributed by atoms with Crippen LogP contribution >= 0.6 is 11.3 Å². The summed E-state index contributed by atoms with van der Waals surface area (Å²) in [5, 5.41) is 1.77. The first-order valence-corrected chi connectivity index (χ1v) is 9.64. The molecular weight excluding hydrogens is 346 g/mol. The zero-order valence-corrected chi connectivity index (χ0v) is 15.4. The lowest BCUT2D eigenvalue weighted by Gasteiger charge is -2.11. The van der Waals surface area contributed by atoms with Gasteiger partial charge in [0.1, 0.15) is 0 Å². The van der Waals surface area contributed by atoms with Crippen molar-refractivity contribution < 1.29 is 8.42 Å². The predicted molar refractivity (Wildman–Crippen MR) is 95.5 cm³/mol. The van der Waals surface area contributed by atoms with Crippen LogP contribution in [0.1, 0.15) is 22.5 Å². The van der Waals surface area contributed by atoms with E-state index in [0.717, 1.165) is 11.1 Å². The van der Waals surface area contributed by atoms with Crippen LogP contribution in [0.4, 0.5) is 5.69 Å². The van der Waals surface area contributed by atoms with Gasteiger partial charge in [-0.25, -0.2) is 13.4 Å². The molecule has 6 nitrogen and oxygen atoms in total. The van der Waals surface area contributed by atoms with E-state index < -0.39 is 15.6 Å². The van der Waals surface area contributed by atoms with Gasteiger partial charge in [-0.2, -0.15) is 0 Å². The number of benzene rings is 1. The Morgan fingerprint density at radius 2 is 1.83 bits per heavy atom. The third kappa shape index (κ3) is 2.71. The van der Waals surface area contributed by atoms with Crippen molar-refractivity contribution in [1.82, 2.24) is 9.38 Å². The van der Waals surface area contributed by atoms with Crippen molar-refractivity contribution >= 4 is 32.0 Å². The molecule has 0 saturated carbocycles. The summed E-state index contributed by atoms with van der Waals surface area (Å²) in [6, 6.07) is 5.24. The molecule has 0 radical (unpaired) electrons. The van der Waals surface area contributed by atoms with E-state index in [9.17, 15) is 13.2 Å². The zero-order chi connectivity index (χ0) is 17.6. The minimum atomic E-state index is -4.03. The fourth-order valence-electron chi connectivity index (χ4n) is 2.49. The lowest BCUT2D eigenvalue weighted by Crippen LogP contribution is -2.28. The van der Waals surface area contributed by atoms with Gasteiger partial charge in [-0.15, -0.1) is 11.3 Å². The first-order chi connectivity index (χ1) is 11.2. The van der Waals surface area contributed by atoms with Gasteiger partial charge in [-0.1, -0.05) is 6.07 Å². The Balaban J connectivity index is 2.16. The number of rotatable bonds is 3. The first kappa shape index (κ1) is 16.7. The lowest BCUT2D eigenvalue weighted by molar-refractivity contribution is 0.598. The molecule has 0 aliphatic rings. The van der Waals surface area contributed by atoms with Gasteiger partial charge < -0.3 is 0 Å². The summed E-state index contributed by atoms with van der Waals surface area (Å²) in [7, 11) is -4.03. The highest BCUT2D eigenvalue weighted by Crippen LogP contribution is 2.20. The molecule has 0 spiro atoms. The number of aryl methyl sites for hydroxylation is 4. The van der Waals surface area contributed by atoms with Gasteiger partial charge in [-0.05, 0) is 51.0 Å². The highest BCUT2D eigenvalue weighted by Gasteiger charge is 2.25. The van der Waals surface area contributed by atoms with E-state index in [1.165, 1.54) is 22.7 Å². The molecule has 0 aliphatic carbocycles. The van der Waals surface area contributed by atoms with Gasteiger partial charge in [0.25, 0.3) is 15.6 Å². The van der Waals surface area contributed by atoms with Crippen molar-refractivity contribution in [3.05, 3.63) is 56.4 Å². The van der Waals surface area contributed by atoms with E-state index in [1.807, 2.05) is 19.9 Å². The average Bonchev–Trinajstić information content (AvgIpc) is 2.83. The highest BCUT2D eigenvalue weighted by molar-refractivity contribution is 7.92. The van der Waals surface area contributed by atoms with Crippen molar-refractivity contribution in [2.75, 3.05) is 4.72 Å². The van der Waals surface area contributed by atoms with E-state index in [0.29, 0.717) is 16.3 Å². The maximum Gasteiger partial charge on any atom is 0.279 e. The second kappa shape index (κ2) is 5.71. The molecule has 0 unspecified atom stereocenters. The second-order valence-electron chi connectivity index (χ2n) is 5.73. The smallest absolute Gasteiger partial charge is 0.279 e. The molecule has 3 aromatic rings. The van der Waals surface area contributed by atoms with Crippen molar-refractivity contribution in [2.45, 2.75) is 32.6 Å². The van der Waals surface area contributed by atoms with Crippen LogP contribution in [0.25, 0.3) is 4.96 Å². The van der Waals surface area contributed by atoms with E-state index in [1.54, 1.807) is 24.4 Å². The average molecular weight is 363 g/mol. The van der Waals surface area contributed by atoms with Crippen LogP contribution in [-0.4, -0.2) is 17.8 Å². The summed E-state index contributed by atoms with van der Waals surface area (Å²) >= 11 is 1.31. The molecule has 2 aromatic heterocycles. The number of aromatic nitrogens is 2. The second-order valence-corrected chi connectivity index (χ2v) is 8.19. The molecule has 8 heteroatoms. The molecule has 1 aromatic carbocycles. The van der Waals surface area contributed by atoms with Crippen LogP contribution in [0.15, 0.2) is 33.3 Å². The molecule has 3 rings (SSSR count). The number of nitrogens with zero attached hydrogens (tertiary/aromatic N) is 2. The number of fused-ring (bicyclic) bond motifs is 1. The number of hydrogen-bond acceptors (Lipinski definition) is 5. The summed E-state index contributed by atoms with van der Waals surface area (Å²) in [5.74, 6) is 0. The fourth-order valence-corrected chi connectivity index (χ4v) is 4.69. The molecule has 0 aliphatic heterocycles. The maximum absolute atomic E-state index is 12.8. The summed E-state index contributed by atoms with van der Waals surface area (Å²) in [5.41, 5.74) is 2.72. The van der Waals surface area contributed by atoms with Gasteiger partial charge in [0.15, 0.2) is 9.86 Å². The summed E-state index contributed by atoms with van der Waals surface area (Å²) in [6.45, 7) is 7.12. The standard InChI is InChI=1S/C16H17N3O3S2/c1-9-5-6-13(7-10(9)2)18-24(21,22)14-12(4)17-16-19(15(14)20)11(3)8-23-16/h5-8,18H,1-4H3. The third-order valence-electron chi connectivity index (χ3n) is 3.90. The number of nitrogens with one attached hydrogen (secondary N) is 1. The van der Waals surface area contributed by atoms with Gasteiger partial charge in [0, 0.05) is 16.8 Å². The van der Waals surface area contributed by atoms with Crippen LogP contribution in [-0.2, 0) is 10.0 Å². The summed E-state index contributed by atoms with van der Waals surface area (Å²) in [4.78, 5) is 17.1. The van der Waals surface area contributed by atoms with E-state index in [-0.39, 0.29) is 10.6 Å². The summed E-state index contributed by atoms with van der Waals surface area (Å²) < 4.78 is 29.3. The monoisotopic (exact) mass is 363 g/mol. The third-order valence-corrected chi connectivity index (χ3v) is 6.35. The van der Waals surface area contributed by atoms with Crippen LogP contribution in [0, 0.1) is 27.7 Å². The van der Waals surface area contributed by atoms with Crippen molar-refractivity contribution in [2.24, 2.45) is 0 Å². The Morgan fingerprint density at radius 3 is 2.50 bits per heavy atom. The topological polar surface area (TPSA) is 80.5 Å². The van der Waals surface area contributed by atoms with E-state index >= 15 is 0 Å². The molecule has 24 heavy (non-hydrogen) atoms. The Morgan fingerprint density at radius 1 is 1.12 bits per heavy atom. The molecule has 0 saturated heterocycles. The molecule has 0 atom stereocenters. The zero-order valence-electron chi connectivity index (χ0n) is 13.7. The van der Waals surface area contributed by atoms with E-state index in [2.05, 4.69) is 9.71 Å². The Hall–Kier alpha value is -2.19. The van der Waals surface area contributed by atoms with E-state index in [4.69, 9.17) is 0 Å². The lowest BCUT2D eigenvalue weighted by atomic mass is 10.1. The van der Waals surface area contributed by atoms with Crippen molar-refractivity contribution in [1.29, 1.82) is 0 Å². The van der Waals surface area contributed by atoms with Gasteiger partial charge in [-0.3, -0.25) is 13.9 Å². The molecular formula is C16H17N3O3S2. The molecule has 126 valence electrons. The normalized spacial score (nSPS) is 11.8. The quantitative estimate of drug-likeness (QED) is 0.776. The van der Waals surface area contributed by atoms with Crippen LogP contribution in [0.5, 0.6) is 0 Å². The molecule has 0 bridgehead atoms. The van der Waals surface area contributed by atoms with Crippen LogP contribution < -0.4 is 10.3 Å². The van der Waals surface area contributed by atoms with Gasteiger partial charge in [0.05, 0.1) is 5.69 Å². The number of anilines is 1. The molecule has 0 amide bonds. The van der Waals surface area contributed by atoms with Crippen molar-refractivity contribution in [3.63, 3.8) is 0 Å². The minimum Gasteiger partial charge on any atom is -0.279 e. The molecule has 1 N–H and O–H groups in total. The van der Waals surface area contributed by atoms with Crippen molar-refractivity contribution in [3.8, 4) is 0 Å². The Bertz CT molecular complexity index is 1110. The van der Waals surface area contributed by atoms with Crippen LogP contribution in [0.2, 0.25) is 0 Å². The minimum absolute atomic E-state index is 0.193. The molecule has 2 heterocycles. The SMILES string of the molecule is Cc1ccc(NS(=O)(=O)c2c(C)nc3scc(C)n3c2=O)cc1C. The first-order valence-electron chi connectivity index (χ1n) is 7.28. The van der Waals surface area contributed by atoms with Crippen LogP contribution in [0.3, 0.4) is 0 Å². The van der Waals surface area contributed by atoms with Gasteiger partial charge >= 0.3 is 0 Å². The Labute approximate surface area is 143 Å². The summed E-state index contributed by atoms with van der Waals surface area (Å²) in [6.07, 6.45) is 0. The fraction of sp³-hybridized carbons (Fsp3) is 0.250. The number of sulfonamides is 1. The number of thiazole rings is 1. The Kier molecular flexibility index (Phi) is 3.97. The predicted octanol–water partition coefficient (Wildman–Crippen LogP) is 2.79. The molecule has 0 fully saturated rings. The largest absolute Gasteiger partial charge is 0.279 e. The number of hydrogen-bond donors (Lipinski definition) is 1.